The van der Waals surface area contributed by atoms with Crippen LogP contribution in [0.1, 0.15) is 5.69 Å². The van der Waals surface area contributed by atoms with Crippen molar-refractivity contribution in [3.8, 4) is 23.4 Å². The molecule has 3 aromatic heterocycles. The molecule has 0 saturated carbocycles. The van der Waals surface area contributed by atoms with E-state index in [2.05, 4.69) is 37.1 Å². The van der Waals surface area contributed by atoms with Gasteiger partial charge in [-0.05, 0) is 42.5 Å². The molecule has 4 rings (SSSR count). The largest absolute Gasteiger partial charge is 0.332 e. The number of fused-ring (bicyclic) bond motifs is 1. The number of hydrogen-bond acceptors (Lipinski definition) is 6. The number of aromatic nitrogens is 3. The van der Waals surface area contributed by atoms with E-state index in [-0.39, 0.29) is 0 Å². The first-order valence-electron chi connectivity index (χ1n) is 7.45. The van der Waals surface area contributed by atoms with E-state index in [1.54, 1.807) is 17.6 Å². The zero-order valence-electron chi connectivity index (χ0n) is 12.9. The maximum atomic E-state index is 4.68. The Bertz CT molecular complexity index is 1040. The third-order valence-corrected chi connectivity index (χ3v) is 4.32. The molecule has 4 heterocycles. The van der Waals surface area contributed by atoms with Gasteiger partial charge in [0, 0.05) is 11.9 Å². The normalized spacial score (nSPS) is 13.1. The number of aliphatic imine (C=N–C) groups is 1. The molecule has 24 heavy (non-hydrogen) atoms. The van der Waals surface area contributed by atoms with Crippen LogP contribution in [0.15, 0.2) is 46.4 Å². The van der Waals surface area contributed by atoms with Gasteiger partial charge in [0.2, 0.25) is 0 Å². The van der Waals surface area contributed by atoms with Crippen LogP contribution in [0.4, 0.5) is 5.82 Å². The summed E-state index contributed by atoms with van der Waals surface area (Å²) >= 11 is 1.60. The highest BCUT2D eigenvalue weighted by atomic mass is 32.1. The van der Waals surface area contributed by atoms with Gasteiger partial charge in [-0.15, -0.1) is 11.3 Å². The molecule has 0 radical (unpaired) electrons. The van der Waals surface area contributed by atoms with Gasteiger partial charge in [0.15, 0.2) is 11.6 Å². The molecule has 0 spiro atoms. The number of aryl methyl sites for hydroxylation is 1. The van der Waals surface area contributed by atoms with Gasteiger partial charge in [-0.25, -0.2) is 15.0 Å². The molecule has 1 N–H and O–H groups in total. The molecule has 0 unspecified atom stereocenters. The molecule has 0 amide bonds. The second-order valence-electron chi connectivity index (χ2n) is 5.19. The van der Waals surface area contributed by atoms with Crippen LogP contribution in [0.5, 0.6) is 0 Å². The average Bonchev–Trinajstić information content (AvgIpc) is 2.92. The summed E-state index contributed by atoms with van der Waals surface area (Å²) in [6, 6.07) is 7.82. The number of nitrogens with one attached hydrogen (secondary N) is 1. The van der Waals surface area contributed by atoms with Crippen molar-refractivity contribution in [1.82, 2.24) is 15.0 Å². The Hall–Kier alpha value is -3.04. The summed E-state index contributed by atoms with van der Waals surface area (Å²) in [5.74, 6) is 7.38. The number of thiophene rings is 1. The summed E-state index contributed by atoms with van der Waals surface area (Å²) in [7, 11) is 0. The quantitative estimate of drug-likeness (QED) is 0.747. The van der Waals surface area contributed by atoms with E-state index in [0.717, 1.165) is 33.1 Å². The first kappa shape index (κ1) is 14.5. The number of hydrogen-bond donors (Lipinski definition) is 1. The highest BCUT2D eigenvalue weighted by Gasteiger charge is 2.12. The minimum atomic E-state index is 0.512. The number of pyridine rings is 1. The maximum Gasteiger partial charge on any atom is 0.180 e. The van der Waals surface area contributed by atoms with Gasteiger partial charge in [0.05, 0.1) is 15.9 Å². The Morgan fingerprint density at radius 1 is 1.17 bits per heavy atom. The molecule has 0 bridgehead atoms. The Morgan fingerprint density at radius 3 is 3.04 bits per heavy atom. The van der Waals surface area contributed by atoms with Crippen LogP contribution in [0.3, 0.4) is 0 Å². The highest BCUT2D eigenvalue weighted by Crippen LogP contribution is 2.29. The number of anilines is 1. The molecule has 0 saturated heterocycles. The molecule has 3 aromatic rings. The predicted octanol–water partition coefficient (Wildman–Crippen LogP) is 3.45. The Balaban J connectivity index is 1.82. The van der Waals surface area contributed by atoms with Crippen molar-refractivity contribution in [2.45, 2.75) is 6.92 Å². The third kappa shape index (κ3) is 2.90. The van der Waals surface area contributed by atoms with E-state index in [0.29, 0.717) is 12.4 Å². The first-order chi connectivity index (χ1) is 11.8. The molecular weight excluding hydrogens is 318 g/mol. The molecule has 6 heteroatoms. The van der Waals surface area contributed by atoms with Gasteiger partial charge >= 0.3 is 0 Å². The highest BCUT2D eigenvalue weighted by molar-refractivity contribution is 7.17. The van der Waals surface area contributed by atoms with Crippen molar-refractivity contribution < 1.29 is 0 Å². The van der Waals surface area contributed by atoms with Crippen molar-refractivity contribution in [3.05, 3.63) is 47.1 Å². The summed E-state index contributed by atoms with van der Waals surface area (Å²) in [5.41, 5.74) is 3.36. The lowest BCUT2D eigenvalue weighted by Gasteiger charge is -2.08. The second-order valence-corrected chi connectivity index (χ2v) is 6.11. The molecule has 5 nitrogen and oxygen atoms in total. The van der Waals surface area contributed by atoms with Crippen LogP contribution in [0.2, 0.25) is 0 Å². The molecule has 0 fully saturated rings. The van der Waals surface area contributed by atoms with Crippen molar-refractivity contribution in [2.24, 2.45) is 4.99 Å². The predicted molar refractivity (Wildman–Crippen MR) is 98.2 cm³/mol. The van der Waals surface area contributed by atoms with Gasteiger partial charge in [-0.2, -0.15) is 0 Å². The average molecular weight is 331 g/mol. The van der Waals surface area contributed by atoms with Crippen LogP contribution in [-0.4, -0.2) is 27.7 Å². The van der Waals surface area contributed by atoms with Crippen LogP contribution in [-0.2, 0) is 0 Å². The fourth-order valence-corrected chi connectivity index (χ4v) is 3.11. The van der Waals surface area contributed by atoms with E-state index in [1.807, 2.05) is 42.6 Å². The fraction of sp³-hybridized carbons (Fsp3) is 0.111. The fourth-order valence-electron chi connectivity index (χ4n) is 2.33. The number of nitrogens with zero attached hydrogens (tertiary/aromatic N) is 4. The van der Waals surface area contributed by atoms with Crippen LogP contribution in [0, 0.1) is 18.8 Å². The lowest BCUT2D eigenvalue weighted by Crippen LogP contribution is -2.03. The van der Waals surface area contributed by atoms with Gasteiger partial charge in [0.1, 0.15) is 12.2 Å². The summed E-state index contributed by atoms with van der Waals surface area (Å²) in [6.45, 7) is 2.47. The van der Waals surface area contributed by atoms with Gasteiger partial charge < -0.3 is 5.32 Å². The molecule has 1 aliphatic rings. The molecular formula is C18H13N5S. The van der Waals surface area contributed by atoms with E-state index in [4.69, 9.17) is 0 Å². The van der Waals surface area contributed by atoms with E-state index in [1.165, 1.54) is 0 Å². The van der Waals surface area contributed by atoms with E-state index in [9.17, 15) is 0 Å². The summed E-state index contributed by atoms with van der Waals surface area (Å²) in [4.78, 5) is 18.0. The van der Waals surface area contributed by atoms with Crippen molar-refractivity contribution in [2.75, 3.05) is 11.9 Å². The SMILES string of the molecule is Cc1cccc(-c2nc(NC3=CC=NCC#C3)c3sccc3n2)n1. The molecule has 0 aromatic carbocycles. The summed E-state index contributed by atoms with van der Waals surface area (Å²) < 4.78 is 0.996. The van der Waals surface area contributed by atoms with Gasteiger partial charge in [-0.1, -0.05) is 12.0 Å². The van der Waals surface area contributed by atoms with Crippen LogP contribution < -0.4 is 5.32 Å². The number of allylic oxidation sites excluding steroid dienone is 2. The Kier molecular flexibility index (Phi) is 3.77. The summed E-state index contributed by atoms with van der Waals surface area (Å²) in [5, 5.41) is 5.31. The van der Waals surface area contributed by atoms with Crippen molar-refractivity contribution >= 4 is 33.6 Å². The number of rotatable bonds is 3. The smallest absolute Gasteiger partial charge is 0.180 e. The topological polar surface area (TPSA) is 63.1 Å². The lowest BCUT2D eigenvalue weighted by molar-refractivity contribution is 1.14. The first-order valence-corrected chi connectivity index (χ1v) is 8.33. The molecule has 116 valence electrons. The monoisotopic (exact) mass is 331 g/mol. The lowest BCUT2D eigenvalue weighted by atomic mass is 10.3. The van der Waals surface area contributed by atoms with Crippen molar-refractivity contribution in [3.63, 3.8) is 0 Å². The van der Waals surface area contributed by atoms with Crippen molar-refractivity contribution in [1.29, 1.82) is 0 Å². The van der Waals surface area contributed by atoms with E-state index < -0.39 is 0 Å². The zero-order valence-corrected chi connectivity index (χ0v) is 13.8. The third-order valence-electron chi connectivity index (χ3n) is 3.41. The second kappa shape index (κ2) is 6.22. The Morgan fingerprint density at radius 2 is 2.12 bits per heavy atom. The molecule has 0 aliphatic carbocycles. The minimum Gasteiger partial charge on any atom is -0.332 e. The molecule has 0 atom stereocenters. The van der Waals surface area contributed by atoms with Crippen LogP contribution >= 0.6 is 11.3 Å². The van der Waals surface area contributed by atoms with Gasteiger partial charge in [0.25, 0.3) is 0 Å². The zero-order chi connectivity index (χ0) is 16.4. The standard InChI is InChI=1S/C18H13N5S/c1-12-4-2-6-15(20-12)17-22-14-8-11-24-16(14)18(23-17)21-13-5-3-9-19-10-7-13/h2,4,6-8,10-11H,9H2,1H3,(H,21,22,23). The maximum absolute atomic E-state index is 4.68. The van der Waals surface area contributed by atoms with Crippen LogP contribution in [0.25, 0.3) is 21.7 Å². The Labute approximate surface area is 143 Å². The summed E-state index contributed by atoms with van der Waals surface area (Å²) in [6.07, 6.45) is 3.59. The van der Waals surface area contributed by atoms with Gasteiger partial charge in [-0.3, -0.25) is 4.99 Å². The molecule has 1 aliphatic heterocycles. The van der Waals surface area contributed by atoms with E-state index >= 15 is 0 Å². The minimum absolute atomic E-state index is 0.512.